The molecule has 1 amide bonds. The minimum atomic E-state index is -1.26. The summed E-state index contributed by atoms with van der Waals surface area (Å²) in [6.07, 6.45) is -2.40. The lowest BCUT2D eigenvalue weighted by molar-refractivity contribution is -0.0712. The average molecular weight is 349 g/mol. The fourth-order valence-corrected chi connectivity index (χ4v) is 4.05. The number of rotatable bonds is 1. The van der Waals surface area contributed by atoms with E-state index in [0.717, 1.165) is 0 Å². The fraction of sp³-hybridized carbons (Fsp3) is 0.533. The number of phenols is 1. The highest BCUT2D eigenvalue weighted by molar-refractivity contribution is 6.01. The number of nitrogens with one attached hydrogen (secondary N) is 2. The first-order valence-corrected chi connectivity index (χ1v) is 7.84. The second-order valence-electron chi connectivity index (χ2n) is 6.49. The van der Waals surface area contributed by atoms with Gasteiger partial charge in [0.25, 0.3) is 5.91 Å². The van der Waals surface area contributed by atoms with Crippen LogP contribution < -0.4 is 19.7 Å². The van der Waals surface area contributed by atoms with Crippen LogP contribution in [0.5, 0.6) is 17.2 Å². The van der Waals surface area contributed by atoms with Crippen LogP contribution in [0.25, 0.3) is 0 Å². The summed E-state index contributed by atoms with van der Waals surface area (Å²) < 4.78 is 10.5. The molecule has 5 N–H and O–H groups in total. The quantitative estimate of drug-likeness (QED) is 0.343. The lowest BCUT2D eigenvalue weighted by atomic mass is 9.66. The third-order valence-corrected chi connectivity index (χ3v) is 5.30. The van der Waals surface area contributed by atoms with E-state index in [-0.39, 0.29) is 23.9 Å². The molecule has 132 valence electrons. The van der Waals surface area contributed by atoms with Gasteiger partial charge in [-0.2, -0.15) is 0 Å². The number of hydrogen-bond acceptors (Lipinski definition) is 8. The van der Waals surface area contributed by atoms with E-state index < -0.39 is 42.0 Å². The highest BCUT2D eigenvalue weighted by Crippen LogP contribution is 2.51. The molecule has 2 heterocycles. The number of benzene rings is 1. The summed E-state index contributed by atoms with van der Waals surface area (Å²) in [7, 11) is 0. The van der Waals surface area contributed by atoms with Gasteiger partial charge in [-0.15, -0.1) is 0 Å². The first kappa shape index (κ1) is 15.8. The zero-order valence-corrected chi connectivity index (χ0v) is 13.2. The van der Waals surface area contributed by atoms with Crippen molar-refractivity contribution in [1.29, 1.82) is 5.53 Å². The topological polar surface area (TPSA) is 159 Å². The Morgan fingerprint density at radius 3 is 2.84 bits per heavy atom. The molecule has 0 spiro atoms. The standard InChI is InChI=1S/C15H16N4O6/c1-4-9-7(10(18-19-16)13(22)11(4)20)5-2-6-14(25-3-24-6)12(21)8(5)15(23)17-9/h2,4,7,9-11,13,16,20,22H,3H2,1H3,(H-,17,21,23)/p+1/t4-,7+,9-,10+,11-,13-/m0/s1. The van der Waals surface area contributed by atoms with Crippen LogP contribution in [0.1, 0.15) is 28.8 Å². The summed E-state index contributed by atoms with van der Waals surface area (Å²) in [6.45, 7) is 1.63. The Morgan fingerprint density at radius 1 is 1.36 bits per heavy atom. The van der Waals surface area contributed by atoms with Gasteiger partial charge in [0.1, 0.15) is 16.7 Å². The van der Waals surface area contributed by atoms with Crippen LogP contribution >= 0.6 is 0 Å². The maximum Gasteiger partial charge on any atom is 0.255 e. The molecule has 10 nitrogen and oxygen atoms in total. The van der Waals surface area contributed by atoms with Crippen LogP contribution in [-0.2, 0) is 0 Å². The fourth-order valence-electron chi connectivity index (χ4n) is 4.05. The first-order chi connectivity index (χ1) is 12.0. The summed E-state index contributed by atoms with van der Waals surface area (Å²) in [5.41, 5.74) is 7.47. The van der Waals surface area contributed by atoms with Crippen LogP contribution in [0.4, 0.5) is 0 Å². The van der Waals surface area contributed by atoms with Gasteiger partial charge in [0.15, 0.2) is 17.5 Å². The molecule has 0 aromatic heterocycles. The summed E-state index contributed by atoms with van der Waals surface area (Å²) >= 11 is 0. The Labute approximate surface area is 141 Å². The molecule has 1 aromatic rings. The molecule has 1 aliphatic carbocycles. The third kappa shape index (κ3) is 2.05. The van der Waals surface area contributed by atoms with Gasteiger partial charge in [-0.25, -0.2) is 0 Å². The molecule has 0 radical (unpaired) electrons. The Balaban J connectivity index is 1.94. The first-order valence-electron chi connectivity index (χ1n) is 7.84. The lowest BCUT2D eigenvalue weighted by Gasteiger charge is -2.46. The summed E-state index contributed by atoms with van der Waals surface area (Å²) in [5, 5.41) is 37.7. The molecule has 25 heavy (non-hydrogen) atoms. The zero-order chi connectivity index (χ0) is 17.9. The normalized spacial score (nSPS) is 35.2. The van der Waals surface area contributed by atoms with E-state index in [0.29, 0.717) is 11.3 Å². The molecule has 0 bridgehead atoms. The van der Waals surface area contributed by atoms with Crippen molar-refractivity contribution in [3.05, 3.63) is 17.2 Å². The Hall–Kier alpha value is -2.68. The van der Waals surface area contributed by atoms with E-state index in [2.05, 4.69) is 15.3 Å². The second-order valence-corrected chi connectivity index (χ2v) is 6.49. The molecule has 1 aromatic carbocycles. The minimum Gasteiger partial charge on any atom is -0.504 e. The molecule has 2 aliphatic heterocycles. The number of carbonyl (C=O) groups excluding carboxylic acids is 1. The van der Waals surface area contributed by atoms with Gasteiger partial charge in [0.2, 0.25) is 17.5 Å². The Morgan fingerprint density at radius 2 is 2.12 bits per heavy atom. The predicted molar refractivity (Wildman–Crippen MR) is 80.5 cm³/mol. The lowest BCUT2D eigenvalue weighted by Crippen LogP contribution is -2.62. The number of hydrogen-bond donors (Lipinski definition) is 5. The molecule has 6 atom stereocenters. The predicted octanol–water partition coefficient (Wildman–Crippen LogP) is -0.393. The van der Waals surface area contributed by atoms with Gasteiger partial charge in [-0.1, -0.05) is 6.92 Å². The van der Waals surface area contributed by atoms with Crippen LogP contribution in [0.3, 0.4) is 0 Å². The second kappa shape index (κ2) is 5.41. The van der Waals surface area contributed by atoms with Crippen molar-refractivity contribution in [2.75, 3.05) is 6.79 Å². The summed E-state index contributed by atoms with van der Waals surface area (Å²) in [6, 6.07) is 0.0821. The number of nitrogens with zero attached hydrogens (tertiary/aromatic N) is 2. The molecular formula is C15H17N4O6+. The maximum atomic E-state index is 12.6. The number of fused-ring (bicyclic) bond motifs is 4. The van der Waals surface area contributed by atoms with E-state index in [4.69, 9.17) is 15.0 Å². The minimum absolute atomic E-state index is 0.0199. The van der Waals surface area contributed by atoms with Gasteiger partial charge >= 0.3 is 0 Å². The van der Waals surface area contributed by atoms with Crippen molar-refractivity contribution in [2.24, 2.45) is 11.0 Å². The van der Waals surface area contributed by atoms with Crippen LogP contribution in [0.2, 0.25) is 0 Å². The van der Waals surface area contributed by atoms with E-state index >= 15 is 0 Å². The van der Waals surface area contributed by atoms with E-state index in [9.17, 15) is 20.1 Å². The average Bonchev–Trinajstić information content (AvgIpc) is 3.06. The Bertz CT molecular complexity index is 808. The van der Waals surface area contributed by atoms with Gasteiger partial charge in [-0.3, -0.25) is 4.79 Å². The van der Waals surface area contributed by atoms with E-state index in [1.807, 2.05) is 0 Å². The molecule has 3 aliphatic rings. The molecule has 0 saturated heterocycles. The monoisotopic (exact) mass is 349 g/mol. The van der Waals surface area contributed by atoms with Crippen molar-refractivity contribution in [3.63, 3.8) is 0 Å². The number of carbonyl (C=O) groups is 1. The van der Waals surface area contributed by atoms with Crippen LogP contribution in [0, 0.1) is 11.4 Å². The highest BCUT2D eigenvalue weighted by atomic mass is 16.7. The molecule has 0 unspecified atom stereocenters. The number of ether oxygens (including phenoxy) is 2. The van der Waals surface area contributed by atoms with Crippen molar-refractivity contribution in [3.8, 4) is 17.2 Å². The van der Waals surface area contributed by atoms with Crippen molar-refractivity contribution < 1.29 is 29.6 Å². The molecule has 1 saturated carbocycles. The van der Waals surface area contributed by atoms with Crippen LogP contribution in [-0.4, -0.2) is 52.3 Å². The summed E-state index contributed by atoms with van der Waals surface area (Å²) in [5.74, 6) is -1.52. The number of aliphatic hydroxyl groups is 2. The number of phenolic OH excluding ortho intramolecular Hbond substituents is 1. The van der Waals surface area contributed by atoms with Crippen molar-refractivity contribution >= 4 is 5.91 Å². The molecule has 1 fully saturated rings. The third-order valence-electron chi connectivity index (χ3n) is 5.30. The summed E-state index contributed by atoms with van der Waals surface area (Å²) in [4.78, 5) is 15.6. The van der Waals surface area contributed by atoms with Crippen molar-refractivity contribution in [2.45, 2.75) is 37.1 Å². The van der Waals surface area contributed by atoms with Gasteiger partial charge in [-0.05, 0) is 11.6 Å². The molecular weight excluding hydrogens is 332 g/mol. The van der Waals surface area contributed by atoms with Gasteiger partial charge in [0, 0.05) is 17.9 Å². The number of aromatic hydroxyl groups is 1. The SMILES string of the molecule is C[C@@H]1[C@H](O)[C@@H](O)[C@H](N=[N+]=N)[C@@H]2c3cc4c(c(O)c3C(=O)N[C@@H]12)OCO4. The molecule has 4 rings (SSSR count). The van der Waals surface area contributed by atoms with Gasteiger partial charge in [0.05, 0.1) is 11.7 Å². The largest absolute Gasteiger partial charge is 0.504 e. The Kier molecular flexibility index (Phi) is 3.43. The maximum absolute atomic E-state index is 12.6. The van der Waals surface area contributed by atoms with Gasteiger partial charge < -0.3 is 30.1 Å². The van der Waals surface area contributed by atoms with E-state index in [1.54, 1.807) is 13.0 Å². The van der Waals surface area contributed by atoms with Crippen molar-refractivity contribution in [1.82, 2.24) is 10.2 Å². The number of aliphatic hydroxyl groups excluding tert-OH is 2. The van der Waals surface area contributed by atoms with E-state index in [1.165, 1.54) is 0 Å². The van der Waals surface area contributed by atoms with Crippen LogP contribution in [0.15, 0.2) is 11.2 Å². The molecule has 10 heteroatoms. The highest BCUT2D eigenvalue weighted by Gasteiger charge is 2.55. The number of amides is 1. The smallest absolute Gasteiger partial charge is 0.255 e. The zero-order valence-electron chi connectivity index (χ0n) is 13.2.